The summed E-state index contributed by atoms with van der Waals surface area (Å²) in [6.07, 6.45) is 0. The third-order valence-corrected chi connectivity index (χ3v) is 4.28. The Bertz CT molecular complexity index is 642. The molecule has 2 aromatic carbocycles. The fraction of sp³-hybridized carbons (Fsp3) is 0.294. The van der Waals surface area contributed by atoms with Gasteiger partial charge in [0.15, 0.2) is 11.6 Å². The van der Waals surface area contributed by atoms with Crippen LogP contribution in [0.25, 0.3) is 0 Å². The summed E-state index contributed by atoms with van der Waals surface area (Å²) in [6, 6.07) is 7.22. The van der Waals surface area contributed by atoms with E-state index in [0.717, 1.165) is 11.6 Å². The highest BCUT2D eigenvalue weighted by Gasteiger charge is 2.17. The Balaban J connectivity index is 0.00000116. The summed E-state index contributed by atoms with van der Waals surface area (Å²) in [5, 5.41) is 3.35. The van der Waals surface area contributed by atoms with Crippen molar-refractivity contribution in [3.63, 3.8) is 0 Å². The van der Waals surface area contributed by atoms with Gasteiger partial charge in [-0.2, -0.15) is 0 Å². The molecular formula is C17H21F3NP. The summed E-state index contributed by atoms with van der Waals surface area (Å²) >= 11 is 0. The normalized spacial score (nSPS) is 10.2. The molecule has 0 radical (unpaired) electrons. The van der Waals surface area contributed by atoms with E-state index in [0.29, 0.717) is 5.30 Å². The first-order chi connectivity index (χ1) is 10.4. The lowest BCUT2D eigenvalue weighted by molar-refractivity contribution is 0.512. The van der Waals surface area contributed by atoms with Crippen LogP contribution in [0.4, 0.5) is 24.5 Å². The summed E-state index contributed by atoms with van der Waals surface area (Å²) in [6.45, 7) is 9.62. The zero-order valence-corrected chi connectivity index (χ0v) is 14.4. The van der Waals surface area contributed by atoms with E-state index < -0.39 is 25.4 Å². The van der Waals surface area contributed by atoms with Crippen molar-refractivity contribution in [2.75, 3.05) is 18.6 Å². The second-order valence-corrected chi connectivity index (χ2v) is 7.03. The molecule has 0 aromatic heterocycles. The van der Waals surface area contributed by atoms with Crippen molar-refractivity contribution < 1.29 is 13.2 Å². The second-order valence-electron chi connectivity index (χ2n) is 4.76. The highest BCUT2D eigenvalue weighted by molar-refractivity contribution is 7.64. The summed E-state index contributed by atoms with van der Waals surface area (Å²) in [4.78, 5) is 0. The molecule has 2 rings (SSSR count). The van der Waals surface area contributed by atoms with Gasteiger partial charge in [-0.1, -0.05) is 27.8 Å². The molecule has 1 N–H and O–H groups in total. The van der Waals surface area contributed by atoms with Crippen LogP contribution in [0.2, 0.25) is 0 Å². The Labute approximate surface area is 131 Å². The van der Waals surface area contributed by atoms with E-state index in [-0.39, 0.29) is 11.4 Å². The van der Waals surface area contributed by atoms with Crippen LogP contribution in [-0.4, -0.2) is 13.3 Å². The zero-order chi connectivity index (χ0) is 16.9. The number of halogens is 3. The number of nitrogens with one attached hydrogen (secondary N) is 1. The lowest BCUT2D eigenvalue weighted by Crippen LogP contribution is -2.12. The molecule has 0 atom stereocenters. The molecule has 0 bridgehead atoms. The molecule has 0 fully saturated rings. The molecule has 0 saturated heterocycles. The molecule has 0 aliphatic heterocycles. The van der Waals surface area contributed by atoms with Gasteiger partial charge >= 0.3 is 0 Å². The fourth-order valence-corrected chi connectivity index (χ4v) is 2.86. The van der Waals surface area contributed by atoms with Crippen molar-refractivity contribution >= 4 is 24.6 Å². The van der Waals surface area contributed by atoms with Crippen LogP contribution in [0.5, 0.6) is 0 Å². The number of hydrogen-bond acceptors (Lipinski definition) is 1. The van der Waals surface area contributed by atoms with Gasteiger partial charge < -0.3 is 5.32 Å². The largest absolute Gasteiger partial charge is 0.350 e. The predicted octanol–water partition coefficient (Wildman–Crippen LogP) is 5.55. The van der Waals surface area contributed by atoms with E-state index >= 15 is 0 Å². The van der Waals surface area contributed by atoms with Gasteiger partial charge in [-0.05, 0) is 50.1 Å². The fourth-order valence-electron chi connectivity index (χ4n) is 1.89. The molecule has 0 aliphatic carbocycles. The molecule has 0 saturated carbocycles. The van der Waals surface area contributed by atoms with E-state index in [9.17, 15) is 13.2 Å². The minimum absolute atomic E-state index is 0.0175. The minimum Gasteiger partial charge on any atom is -0.350 e. The third kappa shape index (κ3) is 4.23. The number of benzene rings is 2. The van der Waals surface area contributed by atoms with Crippen LogP contribution in [0, 0.1) is 24.4 Å². The molecule has 0 unspecified atom stereocenters. The number of anilines is 2. The average molecular weight is 327 g/mol. The topological polar surface area (TPSA) is 12.0 Å². The van der Waals surface area contributed by atoms with E-state index in [1.54, 1.807) is 19.1 Å². The van der Waals surface area contributed by atoms with Gasteiger partial charge in [-0.3, -0.25) is 0 Å². The van der Waals surface area contributed by atoms with Crippen LogP contribution in [0.3, 0.4) is 0 Å². The van der Waals surface area contributed by atoms with Crippen molar-refractivity contribution in [1.82, 2.24) is 0 Å². The molecule has 1 nitrogen and oxygen atoms in total. The monoisotopic (exact) mass is 327 g/mol. The van der Waals surface area contributed by atoms with Crippen LogP contribution in [0.1, 0.15) is 19.4 Å². The van der Waals surface area contributed by atoms with Gasteiger partial charge in [-0.25, -0.2) is 13.2 Å². The van der Waals surface area contributed by atoms with E-state index in [4.69, 9.17) is 0 Å². The Morgan fingerprint density at radius 3 is 2.09 bits per heavy atom. The summed E-state index contributed by atoms with van der Waals surface area (Å²) in [5.41, 5.74) is 0.920. The van der Waals surface area contributed by atoms with Crippen molar-refractivity contribution in [3.8, 4) is 0 Å². The SMILES string of the molecule is CC.Cc1ccc(Nc2c(P(C)C)ccc(F)c2F)c(F)c1. The van der Waals surface area contributed by atoms with E-state index in [1.807, 2.05) is 27.2 Å². The smallest absolute Gasteiger partial charge is 0.182 e. The van der Waals surface area contributed by atoms with Gasteiger partial charge in [0.25, 0.3) is 0 Å². The molecule has 0 amide bonds. The zero-order valence-electron chi connectivity index (χ0n) is 13.5. The Morgan fingerprint density at radius 1 is 0.909 bits per heavy atom. The average Bonchev–Trinajstić information content (AvgIpc) is 2.48. The first-order valence-corrected chi connectivity index (χ1v) is 9.32. The maximum absolute atomic E-state index is 14.0. The number of rotatable bonds is 3. The summed E-state index contributed by atoms with van der Waals surface area (Å²) in [7, 11) is -0.649. The van der Waals surface area contributed by atoms with Gasteiger partial charge in [0.05, 0.1) is 11.4 Å². The van der Waals surface area contributed by atoms with E-state index in [2.05, 4.69) is 5.32 Å². The van der Waals surface area contributed by atoms with Gasteiger partial charge in [0.2, 0.25) is 0 Å². The highest BCUT2D eigenvalue weighted by Crippen LogP contribution is 2.32. The first-order valence-electron chi connectivity index (χ1n) is 7.08. The quantitative estimate of drug-likeness (QED) is 0.729. The maximum atomic E-state index is 14.0. The highest BCUT2D eigenvalue weighted by atomic mass is 31.1. The molecule has 2 aromatic rings. The van der Waals surface area contributed by atoms with Crippen LogP contribution in [-0.2, 0) is 0 Å². The molecular weight excluding hydrogens is 306 g/mol. The van der Waals surface area contributed by atoms with Crippen LogP contribution in [0.15, 0.2) is 30.3 Å². The standard InChI is InChI=1S/C15H15F3NP.C2H6/c1-9-4-6-12(11(17)8-9)19-15-13(20(2)3)7-5-10(16)14(15)18;1-2/h4-8,19H,1-3H3;1-2H3. The van der Waals surface area contributed by atoms with Crippen molar-refractivity contribution in [2.24, 2.45) is 0 Å². The minimum atomic E-state index is -0.973. The molecule has 0 heterocycles. The summed E-state index contributed by atoms with van der Waals surface area (Å²) in [5.74, 6) is -2.41. The lowest BCUT2D eigenvalue weighted by atomic mass is 10.2. The summed E-state index contributed by atoms with van der Waals surface area (Å²) < 4.78 is 41.2. The Hall–Kier alpha value is -1.54. The molecule has 0 aliphatic rings. The lowest BCUT2D eigenvalue weighted by Gasteiger charge is -2.16. The number of aryl methyl sites for hydroxylation is 1. The van der Waals surface area contributed by atoms with Crippen LogP contribution >= 0.6 is 7.92 Å². The molecule has 22 heavy (non-hydrogen) atoms. The van der Waals surface area contributed by atoms with Gasteiger partial charge in [-0.15, -0.1) is 0 Å². The molecule has 120 valence electrons. The van der Waals surface area contributed by atoms with E-state index in [1.165, 1.54) is 12.1 Å². The molecule has 5 heteroatoms. The van der Waals surface area contributed by atoms with Gasteiger partial charge in [0, 0.05) is 5.30 Å². The van der Waals surface area contributed by atoms with Crippen molar-refractivity contribution in [2.45, 2.75) is 20.8 Å². The second kappa shape index (κ2) is 8.19. The predicted molar refractivity (Wildman–Crippen MR) is 90.5 cm³/mol. The van der Waals surface area contributed by atoms with Crippen molar-refractivity contribution in [3.05, 3.63) is 53.3 Å². The number of hydrogen-bond donors (Lipinski definition) is 1. The van der Waals surface area contributed by atoms with Gasteiger partial charge in [0.1, 0.15) is 5.82 Å². The molecule has 0 spiro atoms. The first kappa shape index (κ1) is 18.5. The third-order valence-electron chi connectivity index (χ3n) is 2.94. The Morgan fingerprint density at radius 2 is 1.55 bits per heavy atom. The maximum Gasteiger partial charge on any atom is 0.182 e. The van der Waals surface area contributed by atoms with Crippen molar-refractivity contribution in [1.29, 1.82) is 0 Å². The Kier molecular flexibility index (Phi) is 6.89. The van der Waals surface area contributed by atoms with Crippen LogP contribution < -0.4 is 10.6 Å².